The zero-order valence-electron chi connectivity index (χ0n) is 18.8. The average Bonchev–Trinajstić information content (AvgIpc) is 3.26. The highest BCUT2D eigenvalue weighted by molar-refractivity contribution is 7.90. The Labute approximate surface area is 211 Å². The Morgan fingerprint density at radius 3 is 2.43 bits per heavy atom. The highest BCUT2D eigenvalue weighted by Crippen LogP contribution is 2.45. The number of aryl methyl sites for hydroxylation is 1. The molecule has 0 saturated carbocycles. The van der Waals surface area contributed by atoms with Crippen molar-refractivity contribution in [3.63, 3.8) is 0 Å². The molecule has 8 nitrogen and oxygen atoms in total. The first-order chi connectivity index (χ1) is 16.4. The number of sulfone groups is 1. The van der Waals surface area contributed by atoms with Gasteiger partial charge in [-0.2, -0.15) is 0 Å². The lowest BCUT2D eigenvalue weighted by atomic mass is 9.97. The number of imide groups is 1. The summed E-state index contributed by atoms with van der Waals surface area (Å²) in [5, 5.41) is 1.08. The first-order valence-electron chi connectivity index (χ1n) is 11.0. The first kappa shape index (κ1) is 24.6. The Balaban J connectivity index is 1.68. The molecule has 1 fully saturated rings. The maximum Gasteiger partial charge on any atom is 0.230 e. The second-order valence-corrected chi connectivity index (χ2v) is 15.1. The van der Waals surface area contributed by atoms with E-state index in [0.29, 0.717) is 33.1 Å². The van der Waals surface area contributed by atoms with Crippen LogP contribution in [-0.4, -0.2) is 47.4 Å². The van der Waals surface area contributed by atoms with Crippen molar-refractivity contribution >= 4 is 62.2 Å². The van der Waals surface area contributed by atoms with E-state index in [-0.39, 0.29) is 48.9 Å². The van der Waals surface area contributed by atoms with Gasteiger partial charge < -0.3 is 4.89 Å². The van der Waals surface area contributed by atoms with E-state index >= 15 is 0 Å². The number of pyridine rings is 1. The van der Waals surface area contributed by atoms with Gasteiger partial charge in [0.1, 0.15) is 4.83 Å². The number of hydrogen-bond donors (Lipinski definition) is 1. The van der Waals surface area contributed by atoms with E-state index in [1.807, 2.05) is 12.1 Å². The fraction of sp³-hybridized carbons (Fsp3) is 0.348. The lowest BCUT2D eigenvalue weighted by Gasteiger charge is -2.18. The van der Waals surface area contributed by atoms with Crippen LogP contribution < -0.4 is 0 Å². The summed E-state index contributed by atoms with van der Waals surface area (Å²) in [5.74, 6) is -0.560. The number of rotatable bonds is 5. The monoisotopic (exact) mass is 552 g/mol. The van der Waals surface area contributed by atoms with Crippen LogP contribution in [0.1, 0.15) is 34.5 Å². The third kappa shape index (κ3) is 4.82. The maximum absolute atomic E-state index is 12.3. The van der Waals surface area contributed by atoms with Gasteiger partial charge >= 0.3 is 0 Å². The number of amides is 2. The number of halogens is 1. The number of carbonyl (C=O) groups is 2. The second-order valence-electron chi connectivity index (χ2n) is 9.05. The number of aromatic nitrogens is 1. The molecule has 0 aliphatic carbocycles. The molecule has 5 rings (SSSR count). The van der Waals surface area contributed by atoms with E-state index in [1.54, 1.807) is 12.1 Å². The molecular weight excluding hydrogens is 531 g/mol. The molecule has 1 N–H and O–H groups in total. The number of thiophene rings is 1. The summed E-state index contributed by atoms with van der Waals surface area (Å²) in [4.78, 5) is 41.4. The molecule has 0 spiro atoms. The van der Waals surface area contributed by atoms with Gasteiger partial charge in [-0.15, -0.1) is 11.3 Å². The van der Waals surface area contributed by atoms with Crippen molar-refractivity contribution in [2.45, 2.75) is 37.7 Å². The molecule has 3 aromatic rings. The molecule has 1 atom stereocenters. The molecule has 2 amide bonds. The van der Waals surface area contributed by atoms with Gasteiger partial charge in [0, 0.05) is 41.5 Å². The van der Waals surface area contributed by atoms with Crippen molar-refractivity contribution in [1.82, 2.24) is 9.88 Å². The van der Waals surface area contributed by atoms with Gasteiger partial charge in [0.15, 0.2) is 9.84 Å². The topological polar surface area (TPSA) is 122 Å². The minimum atomic E-state index is -3.24. The van der Waals surface area contributed by atoms with E-state index in [2.05, 4.69) is 4.98 Å². The Morgan fingerprint density at radius 2 is 1.80 bits per heavy atom. The SMILES string of the molecule is CP(=O)(O)Cc1ccc(-c2c(Cl)c(CN3C(=O)CCC3=O)nc3sc4c(c23)CCS(=O)(=O)C4)cc1. The fourth-order valence-corrected chi connectivity index (χ4v) is 8.86. The standard InChI is InChI=1S/C23H22ClN2O6PS2/c1-33(29,30)11-13-2-4-14(5-3-13)20-21-15-8-9-35(31,32)12-17(15)34-23(21)25-16(22(20)24)10-26-18(27)6-7-19(26)28/h2-5H,6-12H2,1H3,(H,29,30). The number of carbonyl (C=O) groups excluding carboxylic acids is 2. The quantitative estimate of drug-likeness (QED) is 0.373. The van der Waals surface area contributed by atoms with Crippen LogP contribution in [0.25, 0.3) is 21.3 Å². The van der Waals surface area contributed by atoms with Crippen LogP contribution in [0.3, 0.4) is 0 Å². The molecular formula is C23H22ClN2O6PS2. The normalized spacial score (nSPS) is 19.2. The maximum atomic E-state index is 12.3. The highest BCUT2D eigenvalue weighted by atomic mass is 35.5. The summed E-state index contributed by atoms with van der Waals surface area (Å²) < 4.78 is 36.4. The predicted octanol–water partition coefficient (Wildman–Crippen LogP) is 4.14. The van der Waals surface area contributed by atoms with Gasteiger partial charge in [0.2, 0.25) is 19.2 Å². The molecule has 0 bridgehead atoms. The van der Waals surface area contributed by atoms with E-state index in [4.69, 9.17) is 11.6 Å². The predicted molar refractivity (Wildman–Crippen MR) is 136 cm³/mol. The molecule has 2 aromatic heterocycles. The van der Waals surface area contributed by atoms with Crippen LogP contribution in [0.5, 0.6) is 0 Å². The van der Waals surface area contributed by atoms with E-state index in [0.717, 1.165) is 26.3 Å². The van der Waals surface area contributed by atoms with E-state index in [9.17, 15) is 27.5 Å². The highest BCUT2D eigenvalue weighted by Gasteiger charge is 2.32. The second kappa shape index (κ2) is 8.78. The molecule has 2 aliphatic heterocycles. The number of benzene rings is 1. The molecule has 1 aromatic carbocycles. The van der Waals surface area contributed by atoms with Gasteiger partial charge in [-0.05, 0) is 23.1 Å². The van der Waals surface area contributed by atoms with Gasteiger partial charge in [0.25, 0.3) is 0 Å². The summed E-state index contributed by atoms with van der Waals surface area (Å²) in [7, 11) is -6.44. The van der Waals surface area contributed by atoms with Gasteiger partial charge in [-0.1, -0.05) is 35.9 Å². The van der Waals surface area contributed by atoms with Crippen LogP contribution in [0.2, 0.25) is 5.02 Å². The van der Waals surface area contributed by atoms with Gasteiger partial charge in [-0.25, -0.2) is 13.4 Å². The molecule has 1 unspecified atom stereocenters. The smallest absolute Gasteiger partial charge is 0.230 e. The van der Waals surface area contributed by atoms with E-state index < -0.39 is 17.2 Å². The average molecular weight is 553 g/mol. The van der Waals surface area contributed by atoms with Crippen molar-refractivity contribution in [2.75, 3.05) is 12.4 Å². The molecule has 0 radical (unpaired) electrons. The largest absolute Gasteiger partial charge is 0.344 e. The molecule has 35 heavy (non-hydrogen) atoms. The Bertz CT molecular complexity index is 1530. The lowest BCUT2D eigenvalue weighted by molar-refractivity contribution is -0.139. The number of hydrogen-bond acceptors (Lipinski definition) is 7. The van der Waals surface area contributed by atoms with Crippen molar-refractivity contribution in [1.29, 1.82) is 0 Å². The molecule has 12 heteroatoms. The Morgan fingerprint density at radius 1 is 1.14 bits per heavy atom. The first-order valence-corrected chi connectivity index (χ1v) is 16.3. The van der Waals surface area contributed by atoms with Crippen LogP contribution >= 0.6 is 30.3 Å². The van der Waals surface area contributed by atoms with Crippen LogP contribution in [0.15, 0.2) is 24.3 Å². The van der Waals surface area contributed by atoms with Gasteiger partial charge in [0.05, 0.1) is 28.8 Å². The summed E-state index contributed by atoms with van der Waals surface area (Å²) in [5.41, 5.74) is 3.39. The molecule has 2 aliphatic rings. The molecule has 4 heterocycles. The fourth-order valence-electron chi connectivity index (χ4n) is 4.61. The number of fused-ring (bicyclic) bond motifs is 3. The Kier molecular flexibility index (Phi) is 6.17. The molecule has 184 valence electrons. The van der Waals surface area contributed by atoms with Crippen LogP contribution in [-0.2, 0) is 48.9 Å². The summed E-state index contributed by atoms with van der Waals surface area (Å²) in [6.07, 6.45) is 0.713. The summed E-state index contributed by atoms with van der Waals surface area (Å²) in [6, 6.07) is 7.15. The van der Waals surface area contributed by atoms with Crippen molar-refractivity contribution in [2.24, 2.45) is 0 Å². The van der Waals surface area contributed by atoms with Crippen molar-refractivity contribution in [3.8, 4) is 11.1 Å². The minimum Gasteiger partial charge on any atom is -0.344 e. The number of likely N-dealkylation sites (tertiary alicyclic amines) is 1. The zero-order valence-corrected chi connectivity index (χ0v) is 22.1. The van der Waals surface area contributed by atoms with Crippen LogP contribution in [0.4, 0.5) is 0 Å². The van der Waals surface area contributed by atoms with Crippen molar-refractivity contribution in [3.05, 3.63) is 51.0 Å². The molecule has 1 saturated heterocycles. The van der Waals surface area contributed by atoms with E-state index in [1.165, 1.54) is 18.0 Å². The summed E-state index contributed by atoms with van der Waals surface area (Å²) >= 11 is 8.18. The third-order valence-electron chi connectivity index (χ3n) is 6.23. The number of nitrogens with zero attached hydrogens (tertiary/aromatic N) is 2. The third-order valence-corrected chi connectivity index (χ3v) is 10.4. The Hall–Kier alpha value is -2.10. The minimum absolute atomic E-state index is 0.0443. The zero-order chi connectivity index (χ0) is 25.1. The van der Waals surface area contributed by atoms with Gasteiger partial charge in [-0.3, -0.25) is 19.1 Å². The summed E-state index contributed by atoms with van der Waals surface area (Å²) in [6.45, 7) is 1.25. The van der Waals surface area contributed by atoms with Crippen molar-refractivity contribution < 1.29 is 27.5 Å². The van der Waals surface area contributed by atoms with Crippen LogP contribution in [0, 0.1) is 0 Å². The lowest BCUT2D eigenvalue weighted by Crippen LogP contribution is -2.29.